The van der Waals surface area contributed by atoms with Crippen molar-refractivity contribution in [2.75, 3.05) is 11.5 Å². The van der Waals surface area contributed by atoms with Crippen LogP contribution in [0.15, 0.2) is 30.3 Å². The first kappa shape index (κ1) is 9.26. The summed E-state index contributed by atoms with van der Waals surface area (Å²) in [7, 11) is 0. The van der Waals surface area contributed by atoms with Crippen LogP contribution in [0.1, 0.15) is 0 Å². The van der Waals surface area contributed by atoms with E-state index in [1.54, 1.807) is 30.3 Å². The van der Waals surface area contributed by atoms with E-state index in [-0.39, 0.29) is 11.6 Å². The number of phenolic OH excluding ortho intramolecular Hbond substituents is 1. The van der Waals surface area contributed by atoms with Gasteiger partial charge in [0.1, 0.15) is 5.75 Å². The maximum Gasteiger partial charge on any atom is 0.169 e. The lowest BCUT2D eigenvalue weighted by Crippen LogP contribution is -2.00. The first-order chi connectivity index (χ1) is 7.18. The molecular formula is C10H10N4O. The Labute approximate surface area is 86.4 Å². The van der Waals surface area contributed by atoms with Gasteiger partial charge < -0.3 is 16.6 Å². The molecule has 15 heavy (non-hydrogen) atoms. The second-order valence-corrected chi connectivity index (χ2v) is 3.09. The summed E-state index contributed by atoms with van der Waals surface area (Å²) in [6, 6.07) is 8.41. The number of nitrogens with zero attached hydrogens (tertiary/aromatic N) is 2. The molecule has 2 aromatic rings. The summed E-state index contributed by atoms with van der Waals surface area (Å²) in [4.78, 5) is 0. The number of benzene rings is 1. The highest BCUT2D eigenvalue weighted by Crippen LogP contribution is 2.28. The Morgan fingerprint density at radius 1 is 1.07 bits per heavy atom. The van der Waals surface area contributed by atoms with Crippen LogP contribution in [0.25, 0.3) is 11.3 Å². The molecule has 5 heteroatoms. The van der Waals surface area contributed by atoms with E-state index >= 15 is 0 Å². The molecule has 0 aliphatic rings. The summed E-state index contributed by atoms with van der Waals surface area (Å²) < 4.78 is 0. The van der Waals surface area contributed by atoms with Crippen molar-refractivity contribution in [2.24, 2.45) is 0 Å². The van der Waals surface area contributed by atoms with E-state index in [1.807, 2.05) is 0 Å². The summed E-state index contributed by atoms with van der Waals surface area (Å²) in [5.74, 6) is 0.324. The Morgan fingerprint density at radius 3 is 2.47 bits per heavy atom. The molecule has 76 valence electrons. The van der Waals surface area contributed by atoms with Gasteiger partial charge in [0.2, 0.25) is 0 Å². The van der Waals surface area contributed by atoms with E-state index in [0.717, 1.165) is 0 Å². The van der Waals surface area contributed by atoms with Crippen molar-refractivity contribution in [3.63, 3.8) is 0 Å². The lowest BCUT2D eigenvalue weighted by molar-refractivity contribution is 0.477. The van der Waals surface area contributed by atoms with Gasteiger partial charge in [-0.3, -0.25) is 0 Å². The lowest BCUT2D eigenvalue weighted by atomic mass is 10.1. The van der Waals surface area contributed by atoms with Crippen LogP contribution in [0, 0.1) is 0 Å². The molecular weight excluding hydrogens is 192 g/mol. The molecule has 0 bridgehead atoms. The zero-order valence-corrected chi connectivity index (χ0v) is 7.88. The monoisotopic (exact) mass is 202 g/mol. The topological polar surface area (TPSA) is 98.0 Å². The molecule has 0 radical (unpaired) electrons. The Bertz CT molecular complexity index is 499. The summed E-state index contributed by atoms with van der Waals surface area (Å²) >= 11 is 0. The summed E-state index contributed by atoms with van der Waals surface area (Å²) in [6.45, 7) is 0. The molecule has 0 amide bonds. The SMILES string of the molecule is Nc1cc(-c2ccccc2O)nnc1N. The van der Waals surface area contributed by atoms with Crippen LogP contribution in [-0.4, -0.2) is 15.3 Å². The first-order valence-corrected chi connectivity index (χ1v) is 4.35. The normalized spacial score (nSPS) is 10.1. The van der Waals surface area contributed by atoms with E-state index < -0.39 is 0 Å². The molecule has 0 atom stereocenters. The average Bonchev–Trinajstić information content (AvgIpc) is 2.23. The number of para-hydroxylation sites is 1. The maximum absolute atomic E-state index is 9.58. The van der Waals surface area contributed by atoms with Crippen LogP contribution >= 0.6 is 0 Å². The third kappa shape index (κ3) is 1.67. The molecule has 2 rings (SSSR count). The van der Waals surface area contributed by atoms with Gasteiger partial charge in [-0.25, -0.2) is 0 Å². The molecule has 0 spiro atoms. The molecule has 1 aromatic carbocycles. The van der Waals surface area contributed by atoms with Crippen molar-refractivity contribution in [2.45, 2.75) is 0 Å². The molecule has 0 fully saturated rings. The number of aromatic hydroxyl groups is 1. The fourth-order valence-electron chi connectivity index (χ4n) is 1.24. The number of nitrogens with two attached hydrogens (primary N) is 2. The largest absolute Gasteiger partial charge is 0.507 e. The zero-order valence-electron chi connectivity index (χ0n) is 7.88. The molecule has 0 saturated heterocycles. The third-order valence-corrected chi connectivity index (χ3v) is 2.03. The highest BCUT2D eigenvalue weighted by Gasteiger charge is 2.07. The van der Waals surface area contributed by atoms with Gasteiger partial charge in [0, 0.05) is 5.56 Å². The van der Waals surface area contributed by atoms with Crippen molar-refractivity contribution >= 4 is 11.5 Å². The molecule has 0 unspecified atom stereocenters. The van der Waals surface area contributed by atoms with Crippen LogP contribution in [0.3, 0.4) is 0 Å². The lowest BCUT2D eigenvalue weighted by Gasteiger charge is -2.04. The average molecular weight is 202 g/mol. The minimum absolute atomic E-state index is 0.135. The molecule has 5 N–H and O–H groups in total. The standard InChI is InChI=1S/C10H10N4O/c11-7-5-8(13-14-10(7)12)6-3-1-2-4-9(6)15/h1-5,15H,(H2,11,13)(H2,12,14). The highest BCUT2D eigenvalue weighted by molar-refractivity contribution is 5.71. The van der Waals surface area contributed by atoms with E-state index in [1.165, 1.54) is 0 Å². The van der Waals surface area contributed by atoms with Crippen molar-refractivity contribution in [1.29, 1.82) is 0 Å². The minimum Gasteiger partial charge on any atom is -0.507 e. The Hall–Kier alpha value is -2.30. The summed E-state index contributed by atoms with van der Waals surface area (Å²) in [5.41, 5.74) is 12.5. The summed E-state index contributed by atoms with van der Waals surface area (Å²) in [5, 5.41) is 17.1. The molecule has 0 aliphatic carbocycles. The molecule has 1 heterocycles. The van der Waals surface area contributed by atoms with Gasteiger partial charge >= 0.3 is 0 Å². The van der Waals surface area contributed by atoms with E-state index in [4.69, 9.17) is 11.5 Å². The van der Waals surface area contributed by atoms with Crippen molar-refractivity contribution in [1.82, 2.24) is 10.2 Å². The maximum atomic E-state index is 9.58. The minimum atomic E-state index is 0.135. The van der Waals surface area contributed by atoms with Gasteiger partial charge in [0.05, 0.1) is 11.4 Å². The fourth-order valence-corrected chi connectivity index (χ4v) is 1.24. The molecule has 5 nitrogen and oxygen atoms in total. The Morgan fingerprint density at radius 2 is 1.80 bits per heavy atom. The van der Waals surface area contributed by atoms with Gasteiger partial charge in [-0.1, -0.05) is 12.1 Å². The molecule has 0 aliphatic heterocycles. The Balaban J connectivity index is 2.55. The number of anilines is 2. The third-order valence-electron chi connectivity index (χ3n) is 2.03. The Kier molecular flexibility index (Phi) is 2.13. The quantitative estimate of drug-likeness (QED) is 0.641. The number of nitrogen functional groups attached to an aromatic ring is 2. The number of aromatic nitrogens is 2. The zero-order chi connectivity index (χ0) is 10.8. The van der Waals surface area contributed by atoms with Gasteiger partial charge in [-0.05, 0) is 18.2 Å². The smallest absolute Gasteiger partial charge is 0.169 e. The van der Waals surface area contributed by atoms with Gasteiger partial charge in [-0.2, -0.15) is 0 Å². The van der Waals surface area contributed by atoms with Gasteiger partial charge in [0.25, 0.3) is 0 Å². The number of rotatable bonds is 1. The molecule has 0 saturated carbocycles. The predicted molar refractivity (Wildman–Crippen MR) is 58.0 cm³/mol. The van der Waals surface area contributed by atoms with Crippen LogP contribution in [0.2, 0.25) is 0 Å². The fraction of sp³-hybridized carbons (Fsp3) is 0. The second kappa shape index (κ2) is 3.45. The van der Waals surface area contributed by atoms with Crippen LogP contribution in [-0.2, 0) is 0 Å². The van der Waals surface area contributed by atoms with Gasteiger partial charge in [0.15, 0.2) is 5.82 Å². The van der Waals surface area contributed by atoms with Crippen LogP contribution < -0.4 is 11.5 Å². The van der Waals surface area contributed by atoms with Crippen molar-refractivity contribution in [3.8, 4) is 17.0 Å². The van der Waals surface area contributed by atoms with Crippen LogP contribution in [0.4, 0.5) is 11.5 Å². The number of phenols is 1. The van der Waals surface area contributed by atoms with E-state index in [0.29, 0.717) is 16.9 Å². The van der Waals surface area contributed by atoms with E-state index in [2.05, 4.69) is 10.2 Å². The van der Waals surface area contributed by atoms with Crippen molar-refractivity contribution in [3.05, 3.63) is 30.3 Å². The first-order valence-electron chi connectivity index (χ1n) is 4.35. The van der Waals surface area contributed by atoms with E-state index in [9.17, 15) is 5.11 Å². The van der Waals surface area contributed by atoms with Gasteiger partial charge in [-0.15, -0.1) is 10.2 Å². The highest BCUT2D eigenvalue weighted by atomic mass is 16.3. The number of hydrogen-bond acceptors (Lipinski definition) is 5. The predicted octanol–water partition coefficient (Wildman–Crippen LogP) is 1.01. The summed E-state index contributed by atoms with van der Waals surface area (Å²) in [6.07, 6.45) is 0. The number of hydrogen-bond donors (Lipinski definition) is 3. The molecule has 1 aromatic heterocycles. The second-order valence-electron chi connectivity index (χ2n) is 3.09. The van der Waals surface area contributed by atoms with Crippen molar-refractivity contribution < 1.29 is 5.11 Å². The van der Waals surface area contributed by atoms with Crippen LogP contribution in [0.5, 0.6) is 5.75 Å².